The fourth-order valence-corrected chi connectivity index (χ4v) is 4.15. The molecule has 0 atom stereocenters. The molecule has 1 aromatic carbocycles. The van der Waals surface area contributed by atoms with Crippen LogP contribution in [0.3, 0.4) is 0 Å². The van der Waals surface area contributed by atoms with E-state index in [1.807, 2.05) is 11.0 Å². The summed E-state index contributed by atoms with van der Waals surface area (Å²) >= 11 is 1.35. The average molecular weight is 391 g/mol. The zero-order valence-electron chi connectivity index (χ0n) is 15.8. The molecule has 1 amide bonds. The SMILES string of the molecule is CCCCn1c(SCC(=O)N2CC[NH+](Cc3ccccc3)CC2)n[nH]c1=O. The van der Waals surface area contributed by atoms with Gasteiger partial charge in [-0.15, -0.1) is 5.10 Å². The van der Waals surface area contributed by atoms with Crippen LogP contribution in [0.25, 0.3) is 0 Å². The van der Waals surface area contributed by atoms with E-state index < -0.39 is 0 Å². The number of quaternary nitrogens is 1. The number of piperazine rings is 1. The Balaban J connectivity index is 1.45. The molecule has 2 N–H and O–H groups in total. The van der Waals surface area contributed by atoms with Gasteiger partial charge in [0.15, 0.2) is 5.16 Å². The molecule has 1 aromatic heterocycles. The number of carbonyl (C=O) groups is 1. The van der Waals surface area contributed by atoms with Crippen LogP contribution in [-0.2, 0) is 17.9 Å². The number of benzene rings is 1. The minimum absolute atomic E-state index is 0.122. The number of thioether (sulfide) groups is 1. The number of aromatic amines is 1. The molecule has 7 nitrogen and oxygen atoms in total. The Hall–Kier alpha value is -2.06. The lowest BCUT2D eigenvalue weighted by molar-refractivity contribution is -0.917. The second kappa shape index (κ2) is 9.75. The maximum atomic E-state index is 12.5. The van der Waals surface area contributed by atoms with E-state index in [9.17, 15) is 9.59 Å². The Kier molecular flexibility index (Phi) is 7.11. The first-order valence-electron chi connectivity index (χ1n) is 9.60. The number of amides is 1. The highest BCUT2D eigenvalue weighted by Crippen LogP contribution is 2.14. The molecule has 27 heavy (non-hydrogen) atoms. The van der Waals surface area contributed by atoms with Gasteiger partial charge < -0.3 is 9.80 Å². The minimum Gasteiger partial charge on any atom is -0.331 e. The number of hydrogen-bond donors (Lipinski definition) is 2. The van der Waals surface area contributed by atoms with Crippen molar-refractivity contribution in [1.82, 2.24) is 19.7 Å². The molecule has 1 aliphatic heterocycles. The number of H-pyrrole nitrogens is 1. The monoisotopic (exact) mass is 390 g/mol. The summed E-state index contributed by atoms with van der Waals surface area (Å²) in [6, 6.07) is 10.5. The van der Waals surface area contributed by atoms with Gasteiger partial charge in [0.2, 0.25) is 5.91 Å². The van der Waals surface area contributed by atoms with Crippen LogP contribution in [0.5, 0.6) is 0 Å². The van der Waals surface area contributed by atoms with Crippen LogP contribution in [0.2, 0.25) is 0 Å². The van der Waals surface area contributed by atoms with Crippen molar-refractivity contribution in [2.45, 2.75) is 38.0 Å². The lowest BCUT2D eigenvalue weighted by atomic mass is 10.2. The maximum absolute atomic E-state index is 12.5. The van der Waals surface area contributed by atoms with Gasteiger partial charge in [0.25, 0.3) is 0 Å². The van der Waals surface area contributed by atoms with E-state index in [0.29, 0.717) is 17.5 Å². The van der Waals surface area contributed by atoms with Crippen LogP contribution in [0.15, 0.2) is 40.3 Å². The fourth-order valence-electron chi connectivity index (χ4n) is 3.28. The summed E-state index contributed by atoms with van der Waals surface area (Å²) in [4.78, 5) is 27.8. The maximum Gasteiger partial charge on any atom is 0.343 e. The van der Waals surface area contributed by atoms with E-state index in [1.165, 1.54) is 22.2 Å². The van der Waals surface area contributed by atoms with Gasteiger partial charge >= 0.3 is 5.69 Å². The van der Waals surface area contributed by atoms with Crippen LogP contribution in [0.1, 0.15) is 25.3 Å². The lowest BCUT2D eigenvalue weighted by Crippen LogP contribution is -3.13. The van der Waals surface area contributed by atoms with E-state index in [2.05, 4.69) is 41.4 Å². The quantitative estimate of drug-likeness (QED) is 0.640. The van der Waals surface area contributed by atoms with Gasteiger partial charge in [-0.05, 0) is 6.42 Å². The van der Waals surface area contributed by atoms with Gasteiger partial charge in [-0.1, -0.05) is 55.4 Å². The Morgan fingerprint density at radius 3 is 2.70 bits per heavy atom. The molecular weight excluding hydrogens is 362 g/mol. The third-order valence-electron chi connectivity index (χ3n) is 4.90. The van der Waals surface area contributed by atoms with Crippen molar-refractivity contribution in [2.24, 2.45) is 0 Å². The van der Waals surface area contributed by atoms with Crippen molar-refractivity contribution in [1.29, 1.82) is 0 Å². The molecule has 0 aliphatic carbocycles. The van der Waals surface area contributed by atoms with E-state index in [1.54, 1.807) is 4.57 Å². The number of rotatable bonds is 8. The predicted molar refractivity (Wildman–Crippen MR) is 106 cm³/mol. The van der Waals surface area contributed by atoms with Crippen molar-refractivity contribution in [2.75, 3.05) is 31.9 Å². The van der Waals surface area contributed by atoms with Crippen LogP contribution >= 0.6 is 11.8 Å². The Labute approximate surface area is 163 Å². The van der Waals surface area contributed by atoms with Crippen molar-refractivity contribution in [3.8, 4) is 0 Å². The molecule has 1 saturated heterocycles. The second-order valence-corrected chi connectivity index (χ2v) is 7.84. The highest BCUT2D eigenvalue weighted by atomic mass is 32.2. The number of nitrogens with zero attached hydrogens (tertiary/aromatic N) is 3. The number of unbranched alkanes of at least 4 members (excludes halogenated alkanes) is 1. The predicted octanol–water partition coefficient (Wildman–Crippen LogP) is 0.391. The summed E-state index contributed by atoms with van der Waals surface area (Å²) in [5, 5.41) is 7.15. The largest absolute Gasteiger partial charge is 0.343 e. The first-order chi connectivity index (χ1) is 13.2. The molecule has 0 saturated carbocycles. The molecule has 2 heterocycles. The number of carbonyl (C=O) groups excluding carboxylic acids is 1. The standard InChI is InChI=1S/C19H27N5O2S/c1-2-3-9-24-18(26)20-21-19(24)27-15-17(25)23-12-10-22(11-13-23)14-16-7-5-4-6-8-16/h4-8H,2-3,9-15H2,1H3,(H,20,26)/p+1. The molecule has 1 aliphatic rings. The summed E-state index contributed by atoms with van der Waals surface area (Å²) in [7, 11) is 0. The summed E-state index contributed by atoms with van der Waals surface area (Å²) in [6.07, 6.45) is 1.93. The van der Waals surface area contributed by atoms with Crippen molar-refractivity contribution >= 4 is 17.7 Å². The molecular formula is C19H28N5O2S+. The Morgan fingerprint density at radius 1 is 1.26 bits per heavy atom. The molecule has 0 unspecified atom stereocenters. The summed E-state index contributed by atoms with van der Waals surface area (Å²) in [5.74, 6) is 0.445. The van der Waals surface area contributed by atoms with E-state index in [4.69, 9.17) is 0 Å². The Morgan fingerprint density at radius 2 is 2.00 bits per heavy atom. The lowest BCUT2D eigenvalue weighted by Gasteiger charge is -2.32. The molecule has 2 aromatic rings. The first-order valence-corrected chi connectivity index (χ1v) is 10.6. The van der Waals surface area contributed by atoms with Gasteiger partial charge in [0, 0.05) is 12.1 Å². The van der Waals surface area contributed by atoms with Gasteiger partial charge in [0.05, 0.1) is 31.9 Å². The molecule has 0 spiro atoms. The number of aromatic nitrogens is 3. The van der Waals surface area contributed by atoms with Crippen molar-refractivity contribution in [3.05, 3.63) is 46.4 Å². The highest BCUT2D eigenvalue weighted by molar-refractivity contribution is 7.99. The van der Waals surface area contributed by atoms with Crippen molar-refractivity contribution in [3.63, 3.8) is 0 Å². The molecule has 1 fully saturated rings. The third-order valence-corrected chi connectivity index (χ3v) is 5.86. The molecule has 146 valence electrons. The van der Waals surface area contributed by atoms with E-state index >= 15 is 0 Å². The minimum atomic E-state index is -0.198. The van der Waals surface area contributed by atoms with Gasteiger partial charge in [-0.25, -0.2) is 9.89 Å². The smallest absolute Gasteiger partial charge is 0.331 e. The van der Waals surface area contributed by atoms with Crippen LogP contribution in [-0.4, -0.2) is 57.5 Å². The summed E-state index contributed by atoms with van der Waals surface area (Å²) < 4.78 is 1.63. The fraction of sp³-hybridized carbons (Fsp3) is 0.526. The Bertz CT molecular complexity index is 781. The van der Waals surface area contributed by atoms with Gasteiger partial charge in [0.1, 0.15) is 6.54 Å². The first kappa shape index (κ1) is 19.7. The number of nitrogens with one attached hydrogen (secondary N) is 2. The topological polar surface area (TPSA) is 75.4 Å². The third kappa shape index (κ3) is 5.46. The molecule has 0 bridgehead atoms. The zero-order chi connectivity index (χ0) is 19.1. The van der Waals surface area contributed by atoms with E-state index in [-0.39, 0.29) is 11.6 Å². The van der Waals surface area contributed by atoms with Crippen LogP contribution in [0.4, 0.5) is 0 Å². The molecule has 3 rings (SSSR count). The van der Waals surface area contributed by atoms with Crippen molar-refractivity contribution < 1.29 is 9.69 Å². The molecule has 0 radical (unpaired) electrons. The van der Waals surface area contributed by atoms with E-state index in [0.717, 1.165) is 45.6 Å². The average Bonchev–Trinajstić information content (AvgIpc) is 3.05. The van der Waals surface area contributed by atoms with Gasteiger partial charge in [-0.3, -0.25) is 9.36 Å². The van der Waals surface area contributed by atoms with Crippen LogP contribution in [0, 0.1) is 0 Å². The highest BCUT2D eigenvalue weighted by Gasteiger charge is 2.24. The summed E-state index contributed by atoms with van der Waals surface area (Å²) in [6.45, 7) is 7.23. The second-order valence-electron chi connectivity index (χ2n) is 6.90. The molecule has 8 heteroatoms. The normalized spacial score (nSPS) is 15.2. The summed E-state index contributed by atoms with van der Waals surface area (Å²) in [5.41, 5.74) is 1.14. The van der Waals surface area contributed by atoms with Crippen LogP contribution < -0.4 is 10.6 Å². The number of hydrogen-bond acceptors (Lipinski definition) is 4. The zero-order valence-corrected chi connectivity index (χ0v) is 16.6. The van der Waals surface area contributed by atoms with Gasteiger partial charge in [-0.2, -0.15) is 0 Å².